The topological polar surface area (TPSA) is 20.2 Å². The van der Waals surface area contributed by atoms with Crippen molar-refractivity contribution >= 4 is 0 Å². The molecule has 1 N–H and O–H groups in total. The minimum absolute atomic E-state index is 0.259. The number of aliphatic hydroxyl groups is 1. The molecule has 0 bridgehead atoms. The average Bonchev–Trinajstić information content (AvgIpc) is 2.51. The second-order valence-electron chi connectivity index (χ2n) is 4.09. The first-order valence-electron chi connectivity index (χ1n) is 5.03. The molecule has 12 heavy (non-hydrogen) atoms. The molecule has 0 radical (unpaired) electrons. The first-order valence-corrected chi connectivity index (χ1v) is 5.03. The molecular weight excluding hydrogens is 148 g/mol. The number of hydrogen-bond acceptors (Lipinski definition) is 1. The van der Waals surface area contributed by atoms with Crippen molar-refractivity contribution in [2.75, 3.05) is 0 Å². The van der Waals surface area contributed by atoms with E-state index >= 15 is 0 Å². The van der Waals surface area contributed by atoms with Gasteiger partial charge in [-0.15, -0.1) is 0 Å². The molecule has 1 aliphatic carbocycles. The Labute approximate surface area is 75.5 Å². The van der Waals surface area contributed by atoms with Crippen LogP contribution in [0.5, 0.6) is 0 Å². The minimum Gasteiger partial charge on any atom is -0.389 e. The van der Waals surface area contributed by atoms with Crippen molar-refractivity contribution in [1.82, 2.24) is 0 Å². The fourth-order valence-electron chi connectivity index (χ4n) is 1.94. The summed E-state index contributed by atoms with van der Waals surface area (Å²) in [6, 6.07) is 0. The second-order valence-corrected chi connectivity index (χ2v) is 4.09. The summed E-state index contributed by atoms with van der Waals surface area (Å²) in [4.78, 5) is 0. The van der Waals surface area contributed by atoms with Crippen molar-refractivity contribution in [2.45, 2.75) is 51.6 Å². The van der Waals surface area contributed by atoms with E-state index in [1.807, 2.05) is 6.92 Å². The molecule has 1 heteroatoms. The SMILES string of the molecule is C=C(C)C(O)CCC1CCCC1. The smallest absolute Gasteiger partial charge is 0.0744 e. The lowest BCUT2D eigenvalue weighted by atomic mass is 9.97. The monoisotopic (exact) mass is 168 g/mol. The van der Waals surface area contributed by atoms with E-state index < -0.39 is 0 Å². The standard InChI is InChI=1S/C11H20O/c1-9(2)11(12)8-7-10-5-3-4-6-10/h10-12H,1,3-8H2,2H3. The molecule has 1 rings (SSSR count). The fraction of sp³-hybridized carbons (Fsp3) is 0.818. The van der Waals surface area contributed by atoms with Crippen LogP contribution in [0.25, 0.3) is 0 Å². The molecule has 70 valence electrons. The molecule has 0 aromatic carbocycles. The van der Waals surface area contributed by atoms with E-state index in [-0.39, 0.29) is 6.10 Å². The summed E-state index contributed by atoms with van der Waals surface area (Å²) in [6.07, 6.45) is 7.40. The molecule has 0 aliphatic heterocycles. The van der Waals surface area contributed by atoms with Crippen molar-refractivity contribution < 1.29 is 5.11 Å². The van der Waals surface area contributed by atoms with Gasteiger partial charge in [-0.05, 0) is 25.7 Å². The van der Waals surface area contributed by atoms with Gasteiger partial charge in [-0.1, -0.05) is 37.8 Å². The van der Waals surface area contributed by atoms with Crippen molar-refractivity contribution in [3.63, 3.8) is 0 Å². The predicted octanol–water partition coefficient (Wildman–Crippen LogP) is 2.89. The highest BCUT2D eigenvalue weighted by atomic mass is 16.3. The molecule has 1 nitrogen and oxygen atoms in total. The van der Waals surface area contributed by atoms with E-state index in [1.54, 1.807) is 0 Å². The highest BCUT2D eigenvalue weighted by Crippen LogP contribution is 2.29. The zero-order valence-corrected chi connectivity index (χ0v) is 8.05. The third-order valence-corrected chi connectivity index (χ3v) is 2.89. The highest BCUT2D eigenvalue weighted by Gasteiger charge is 2.16. The molecule has 1 aliphatic rings. The maximum atomic E-state index is 9.49. The summed E-state index contributed by atoms with van der Waals surface area (Å²) in [5.74, 6) is 0.888. The Bertz CT molecular complexity index is 145. The van der Waals surface area contributed by atoms with Crippen LogP contribution in [0.15, 0.2) is 12.2 Å². The third kappa shape index (κ3) is 2.98. The Hall–Kier alpha value is -0.300. The lowest BCUT2D eigenvalue weighted by molar-refractivity contribution is 0.189. The number of aliphatic hydroxyl groups excluding tert-OH is 1. The fourth-order valence-corrected chi connectivity index (χ4v) is 1.94. The molecule has 0 saturated heterocycles. The Morgan fingerprint density at radius 1 is 1.50 bits per heavy atom. The van der Waals surface area contributed by atoms with Gasteiger partial charge in [0, 0.05) is 0 Å². The van der Waals surface area contributed by atoms with Gasteiger partial charge in [-0.25, -0.2) is 0 Å². The van der Waals surface area contributed by atoms with Crippen molar-refractivity contribution in [3.8, 4) is 0 Å². The van der Waals surface area contributed by atoms with Crippen LogP contribution >= 0.6 is 0 Å². The summed E-state index contributed by atoms with van der Waals surface area (Å²) in [7, 11) is 0. The van der Waals surface area contributed by atoms with Gasteiger partial charge in [0.2, 0.25) is 0 Å². The maximum Gasteiger partial charge on any atom is 0.0744 e. The van der Waals surface area contributed by atoms with E-state index in [0.29, 0.717) is 0 Å². The Morgan fingerprint density at radius 2 is 2.08 bits per heavy atom. The molecule has 0 amide bonds. The maximum absolute atomic E-state index is 9.49. The molecule has 1 atom stereocenters. The summed E-state index contributed by atoms with van der Waals surface area (Å²) < 4.78 is 0. The summed E-state index contributed by atoms with van der Waals surface area (Å²) in [5.41, 5.74) is 0.910. The molecule has 1 fully saturated rings. The van der Waals surface area contributed by atoms with Crippen LogP contribution in [0.3, 0.4) is 0 Å². The summed E-state index contributed by atoms with van der Waals surface area (Å²) in [5, 5.41) is 9.49. The van der Waals surface area contributed by atoms with Crippen LogP contribution in [0.2, 0.25) is 0 Å². The van der Waals surface area contributed by atoms with Crippen molar-refractivity contribution in [3.05, 3.63) is 12.2 Å². The van der Waals surface area contributed by atoms with Gasteiger partial charge < -0.3 is 5.11 Å². The van der Waals surface area contributed by atoms with E-state index in [2.05, 4.69) is 6.58 Å². The first kappa shape index (κ1) is 9.79. The van der Waals surface area contributed by atoms with Gasteiger partial charge in [0.1, 0.15) is 0 Å². The lowest BCUT2D eigenvalue weighted by Crippen LogP contribution is -2.09. The van der Waals surface area contributed by atoms with Gasteiger partial charge in [-0.2, -0.15) is 0 Å². The Kier molecular flexibility index (Phi) is 3.80. The van der Waals surface area contributed by atoms with E-state index in [4.69, 9.17) is 0 Å². The Balaban J connectivity index is 2.11. The van der Waals surface area contributed by atoms with Crippen LogP contribution in [0, 0.1) is 5.92 Å². The average molecular weight is 168 g/mol. The van der Waals surface area contributed by atoms with Crippen molar-refractivity contribution in [2.24, 2.45) is 5.92 Å². The quantitative estimate of drug-likeness (QED) is 0.640. The summed E-state index contributed by atoms with van der Waals surface area (Å²) in [6.45, 7) is 5.65. The molecule has 0 heterocycles. The molecular formula is C11H20O. The van der Waals surface area contributed by atoms with Crippen LogP contribution in [-0.4, -0.2) is 11.2 Å². The van der Waals surface area contributed by atoms with Crippen LogP contribution in [0.1, 0.15) is 45.4 Å². The first-order chi connectivity index (χ1) is 5.70. The molecule has 0 aromatic rings. The number of hydrogen-bond donors (Lipinski definition) is 1. The van der Waals surface area contributed by atoms with Gasteiger partial charge in [-0.3, -0.25) is 0 Å². The second kappa shape index (κ2) is 4.66. The largest absolute Gasteiger partial charge is 0.389 e. The Morgan fingerprint density at radius 3 is 2.58 bits per heavy atom. The summed E-state index contributed by atoms with van der Waals surface area (Å²) >= 11 is 0. The minimum atomic E-state index is -0.259. The predicted molar refractivity (Wildman–Crippen MR) is 52.0 cm³/mol. The van der Waals surface area contributed by atoms with Gasteiger partial charge >= 0.3 is 0 Å². The van der Waals surface area contributed by atoms with Gasteiger partial charge in [0.25, 0.3) is 0 Å². The highest BCUT2D eigenvalue weighted by molar-refractivity contribution is 4.96. The van der Waals surface area contributed by atoms with Crippen LogP contribution in [-0.2, 0) is 0 Å². The zero-order valence-electron chi connectivity index (χ0n) is 8.05. The van der Waals surface area contributed by atoms with Gasteiger partial charge in [0.05, 0.1) is 6.10 Å². The zero-order chi connectivity index (χ0) is 8.97. The number of rotatable bonds is 4. The van der Waals surface area contributed by atoms with Gasteiger partial charge in [0.15, 0.2) is 0 Å². The van der Waals surface area contributed by atoms with E-state index in [9.17, 15) is 5.11 Å². The normalized spacial score (nSPS) is 21.2. The lowest BCUT2D eigenvalue weighted by Gasteiger charge is -2.13. The van der Waals surface area contributed by atoms with Crippen LogP contribution in [0.4, 0.5) is 0 Å². The molecule has 1 unspecified atom stereocenters. The molecule has 0 spiro atoms. The molecule has 1 saturated carbocycles. The van der Waals surface area contributed by atoms with Crippen molar-refractivity contribution in [1.29, 1.82) is 0 Å². The van der Waals surface area contributed by atoms with E-state index in [0.717, 1.165) is 17.9 Å². The van der Waals surface area contributed by atoms with Crippen LogP contribution < -0.4 is 0 Å². The molecule has 0 aromatic heterocycles. The third-order valence-electron chi connectivity index (χ3n) is 2.89. The van der Waals surface area contributed by atoms with E-state index in [1.165, 1.54) is 32.1 Å².